The van der Waals surface area contributed by atoms with Gasteiger partial charge in [-0.15, -0.1) is 0 Å². The van der Waals surface area contributed by atoms with Crippen LogP contribution in [0.2, 0.25) is 0 Å². The summed E-state index contributed by atoms with van der Waals surface area (Å²) < 4.78 is 0. The molecule has 10 rings (SSSR count). The molecule has 8 aromatic rings. The number of benzene rings is 6. The van der Waals surface area contributed by atoms with E-state index in [0.29, 0.717) is 0 Å². The average molecular weight is 652 g/mol. The summed E-state index contributed by atoms with van der Waals surface area (Å²) in [6.07, 6.45) is 3.97. The van der Waals surface area contributed by atoms with Crippen LogP contribution in [-0.2, 0) is 5.41 Å². The Kier molecular flexibility index (Phi) is 6.53. The number of rotatable bonds is 4. The van der Waals surface area contributed by atoms with Crippen LogP contribution in [0.5, 0.6) is 0 Å². The molecule has 1 atom stereocenters. The van der Waals surface area contributed by atoms with Crippen LogP contribution in [0.1, 0.15) is 33.4 Å². The highest BCUT2D eigenvalue weighted by Gasteiger charge is 2.52. The molecule has 0 fully saturated rings. The maximum absolute atomic E-state index is 5.31. The van der Waals surface area contributed by atoms with Gasteiger partial charge in [-0.1, -0.05) is 146 Å². The van der Waals surface area contributed by atoms with Crippen LogP contribution in [0.15, 0.2) is 164 Å². The minimum absolute atomic E-state index is 0.502. The summed E-state index contributed by atoms with van der Waals surface area (Å²) in [5, 5.41) is 0. The third-order valence-corrected chi connectivity index (χ3v) is 10.8. The molecule has 3 nitrogen and oxygen atoms in total. The Morgan fingerprint density at radius 1 is 0.392 bits per heavy atom. The van der Waals surface area contributed by atoms with Crippen molar-refractivity contribution < 1.29 is 0 Å². The van der Waals surface area contributed by atoms with Crippen molar-refractivity contribution in [2.75, 3.05) is 0 Å². The van der Waals surface area contributed by atoms with E-state index in [4.69, 9.17) is 9.97 Å². The molecule has 0 aliphatic heterocycles. The summed E-state index contributed by atoms with van der Waals surface area (Å²) in [6, 6.07) is 54.6. The van der Waals surface area contributed by atoms with E-state index in [0.717, 1.165) is 33.9 Å². The molecule has 0 saturated heterocycles. The van der Waals surface area contributed by atoms with Gasteiger partial charge in [0.25, 0.3) is 0 Å². The third kappa shape index (κ3) is 4.22. The molecule has 1 unspecified atom stereocenters. The molecule has 2 aliphatic rings. The maximum Gasteiger partial charge on any atom is 0.161 e. The molecule has 0 N–H and O–H groups in total. The van der Waals surface area contributed by atoms with Crippen LogP contribution in [0.25, 0.3) is 67.3 Å². The van der Waals surface area contributed by atoms with Crippen molar-refractivity contribution in [2.24, 2.45) is 0 Å². The minimum Gasteiger partial charge on any atom is -0.264 e. The number of hydrogen-bond acceptors (Lipinski definition) is 3. The Hall–Kier alpha value is -6.45. The topological polar surface area (TPSA) is 38.7 Å². The molecular formula is C48H33N3. The zero-order chi connectivity index (χ0) is 34.1. The summed E-state index contributed by atoms with van der Waals surface area (Å²) in [7, 11) is 0. The summed E-state index contributed by atoms with van der Waals surface area (Å²) >= 11 is 0. The van der Waals surface area contributed by atoms with Crippen LogP contribution in [0.3, 0.4) is 0 Å². The van der Waals surface area contributed by atoms with Gasteiger partial charge in [-0.3, -0.25) is 4.98 Å². The van der Waals surface area contributed by atoms with E-state index >= 15 is 0 Å². The van der Waals surface area contributed by atoms with Crippen LogP contribution in [0, 0.1) is 13.8 Å². The Morgan fingerprint density at radius 2 is 0.824 bits per heavy atom. The van der Waals surface area contributed by atoms with E-state index in [1.807, 2.05) is 24.5 Å². The molecule has 3 heteroatoms. The number of aryl methyl sites for hydroxylation is 2. The van der Waals surface area contributed by atoms with Crippen LogP contribution >= 0.6 is 0 Å². The second-order valence-electron chi connectivity index (χ2n) is 13.6. The van der Waals surface area contributed by atoms with Crippen molar-refractivity contribution >= 4 is 0 Å². The molecule has 0 saturated carbocycles. The van der Waals surface area contributed by atoms with Gasteiger partial charge in [-0.2, -0.15) is 0 Å². The third-order valence-electron chi connectivity index (χ3n) is 10.8. The standard InChI is InChI=1S/C48H33N3/c1-30-28-49-29-31(2)44(30)36-21-13-25-40-45(36)34-19-9-11-23-38(34)48(40)39-24-12-10-20-35(39)46-37(22-14-26-41(46)48)47-50-42(32-15-5-3-6-16-32)27-43(51-47)33-17-7-4-8-18-33/h3-29H,1-2H3. The van der Waals surface area contributed by atoms with Gasteiger partial charge in [-0.05, 0) is 86.7 Å². The number of nitrogens with zero attached hydrogens (tertiary/aromatic N) is 3. The van der Waals surface area contributed by atoms with Gasteiger partial charge < -0.3 is 0 Å². The monoisotopic (exact) mass is 651 g/mol. The van der Waals surface area contributed by atoms with Gasteiger partial charge in [0.1, 0.15) is 0 Å². The molecule has 2 aliphatic carbocycles. The highest BCUT2D eigenvalue weighted by atomic mass is 14.9. The first kappa shape index (κ1) is 29.5. The van der Waals surface area contributed by atoms with E-state index in [1.165, 1.54) is 66.8 Å². The fourth-order valence-corrected chi connectivity index (χ4v) is 8.84. The van der Waals surface area contributed by atoms with Crippen LogP contribution in [-0.4, -0.2) is 15.0 Å². The van der Waals surface area contributed by atoms with Crippen molar-refractivity contribution in [1.82, 2.24) is 15.0 Å². The van der Waals surface area contributed by atoms with Crippen LogP contribution < -0.4 is 0 Å². The highest BCUT2D eigenvalue weighted by Crippen LogP contribution is 2.65. The number of hydrogen-bond donors (Lipinski definition) is 0. The second-order valence-corrected chi connectivity index (χ2v) is 13.6. The lowest BCUT2D eigenvalue weighted by Gasteiger charge is -2.30. The Balaban J connectivity index is 1.29. The van der Waals surface area contributed by atoms with Crippen molar-refractivity contribution in [2.45, 2.75) is 19.3 Å². The SMILES string of the molecule is Cc1cncc(C)c1-c1cccc2c1-c1ccccc1C21c2ccccc2-c2c(-c3nc(-c4ccccc4)cc(-c4ccccc4)n3)cccc21. The predicted octanol–water partition coefficient (Wildman–Crippen LogP) is 11.5. The van der Waals surface area contributed by atoms with Gasteiger partial charge in [0.15, 0.2) is 5.82 Å². The van der Waals surface area contributed by atoms with E-state index < -0.39 is 5.41 Å². The fraction of sp³-hybridized carbons (Fsp3) is 0.0625. The van der Waals surface area contributed by atoms with Gasteiger partial charge in [0, 0.05) is 29.1 Å². The lowest BCUT2D eigenvalue weighted by atomic mass is 9.70. The molecule has 2 aromatic heterocycles. The Bertz CT molecular complexity index is 2580. The first-order valence-corrected chi connectivity index (χ1v) is 17.5. The minimum atomic E-state index is -0.502. The largest absolute Gasteiger partial charge is 0.264 e. The van der Waals surface area contributed by atoms with Gasteiger partial charge in [0.2, 0.25) is 0 Å². The van der Waals surface area contributed by atoms with Crippen LogP contribution in [0.4, 0.5) is 0 Å². The van der Waals surface area contributed by atoms with Gasteiger partial charge in [-0.25, -0.2) is 9.97 Å². The number of fused-ring (bicyclic) bond motifs is 10. The first-order valence-electron chi connectivity index (χ1n) is 17.5. The Labute approximate surface area is 298 Å². The first-order chi connectivity index (χ1) is 25.1. The molecular weight excluding hydrogens is 619 g/mol. The zero-order valence-corrected chi connectivity index (χ0v) is 28.4. The lowest BCUT2D eigenvalue weighted by molar-refractivity contribution is 0.794. The highest BCUT2D eigenvalue weighted by molar-refractivity contribution is 6.02. The molecule has 51 heavy (non-hydrogen) atoms. The summed E-state index contributed by atoms with van der Waals surface area (Å²) in [5.74, 6) is 0.724. The van der Waals surface area contributed by atoms with Gasteiger partial charge in [0.05, 0.1) is 16.8 Å². The van der Waals surface area contributed by atoms with E-state index in [-0.39, 0.29) is 0 Å². The summed E-state index contributed by atoms with van der Waals surface area (Å²) in [4.78, 5) is 15.1. The second kappa shape index (κ2) is 11.3. The summed E-state index contributed by atoms with van der Waals surface area (Å²) in [5.41, 5.74) is 19.5. The van der Waals surface area contributed by atoms with E-state index in [9.17, 15) is 0 Å². The molecule has 1 spiro atoms. The maximum atomic E-state index is 5.31. The smallest absolute Gasteiger partial charge is 0.161 e. The van der Waals surface area contributed by atoms with Crippen molar-refractivity contribution in [3.05, 3.63) is 197 Å². The average Bonchev–Trinajstić information content (AvgIpc) is 3.66. The quantitative estimate of drug-likeness (QED) is 0.190. The summed E-state index contributed by atoms with van der Waals surface area (Å²) in [6.45, 7) is 4.34. The normalized spacial score (nSPS) is 14.9. The zero-order valence-electron chi connectivity index (χ0n) is 28.4. The molecule has 0 radical (unpaired) electrons. The molecule has 2 heterocycles. The van der Waals surface area contributed by atoms with Gasteiger partial charge >= 0.3 is 0 Å². The fourth-order valence-electron chi connectivity index (χ4n) is 8.84. The molecule has 240 valence electrons. The van der Waals surface area contributed by atoms with Crippen molar-refractivity contribution in [3.63, 3.8) is 0 Å². The van der Waals surface area contributed by atoms with Crippen molar-refractivity contribution in [3.8, 4) is 67.3 Å². The molecule has 0 bridgehead atoms. The van der Waals surface area contributed by atoms with E-state index in [1.54, 1.807) is 0 Å². The number of aromatic nitrogens is 3. The van der Waals surface area contributed by atoms with Crippen molar-refractivity contribution in [1.29, 1.82) is 0 Å². The Morgan fingerprint density at radius 3 is 1.37 bits per heavy atom. The predicted molar refractivity (Wildman–Crippen MR) is 207 cm³/mol. The molecule has 0 amide bonds. The van der Waals surface area contributed by atoms with E-state index in [2.05, 4.69) is 158 Å². The lowest BCUT2D eigenvalue weighted by Crippen LogP contribution is -2.25. The number of pyridine rings is 1. The molecule has 6 aromatic carbocycles.